The fraction of sp³-hybridized carbons (Fsp3) is 0.429. The van der Waals surface area contributed by atoms with Gasteiger partial charge in [0.05, 0.1) is 6.61 Å². The molecule has 7 nitrogen and oxygen atoms in total. The van der Waals surface area contributed by atoms with Gasteiger partial charge in [-0.15, -0.1) is 0 Å². The van der Waals surface area contributed by atoms with E-state index < -0.39 is 31.3 Å². The van der Waals surface area contributed by atoms with Gasteiger partial charge in [0.25, 0.3) is 0 Å². The van der Waals surface area contributed by atoms with Crippen LogP contribution in [0.15, 0.2) is 36.2 Å². The number of halogens is 1. The molecular formula is C14H19ClN2O5. The molecule has 5 N–H and O–H groups in total. The van der Waals surface area contributed by atoms with E-state index in [1.165, 1.54) is 6.20 Å². The van der Waals surface area contributed by atoms with E-state index in [0.29, 0.717) is 5.02 Å². The van der Waals surface area contributed by atoms with Crippen molar-refractivity contribution in [3.63, 3.8) is 0 Å². The van der Waals surface area contributed by atoms with Crippen LogP contribution in [0.5, 0.6) is 0 Å². The lowest BCUT2D eigenvalue weighted by molar-refractivity contribution is -0.0823. The lowest BCUT2D eigenvalue weighted by Crippen LogP contribution is -2.41. The summed E-state index contributed by atoms with van der Waals surface area (Å²) in [5, 5.41) is 41.5. The lowest BCUT2D eigenvalue weighted by atomic mass is 10.1. The third-order valence-corrected chi connectivity index (χ3v) is 3.49. The second-order valence-corrected chi connectivity index (χ2v) is 5.44. The monoisotopic (exact) mass is 330 g/mol. The molecule has 22 heavy (non-hydrogen) atoms. The Morgan fingerprint density at radius 3 is 2.73 bits per heavy atom. The maximum atomic E-state index is 9.97. The molecule has 0 bridgehead atoms. The summed E-state index contributed by atoms with van der Waals surface area (Å²) in [7, 11) is 1.72. The van der Waals surface area contributed by atoms with Crippen LogP contribution in [0.3, 0.4) is 0 Å². The Morgan fingerprint density at radius 1 is 1.36 bits per heavy atom. The number of aliphatic hydroxyl groups excluding tert-OH is 4. The largest absolute Gasteiger partial charge is 0.452 e. The van der Waals surface area contributed by atoms with Gasteiger partial charge in [-0.05, 0) is 18.2 Å². The zero-order chi connectivity index (χ0) is 16.3. The number of aliphatic hydroxyl groups is 4. The van der Waals surface area contributed by atoms with Crippen molar-refractivity contribution in [2.24, 2.45) is 0 Å². The molecule has 0 radical (unpaired) electrons. The molecule has 0 amide bonds. The van der Waals surface area contributed by atoms with Gasteiger partial charge < -0.3 is 35.4 Å². The van der Waals surface area contributed by atoms with Crippen LogP contribution < -0.4 is 5.32 Å². The maximum Gasteiger partial charge on any atom is 0.250 e. The molecule has 1 heterocycles. The van der Waals surface area contributed by atoms with Crippen LogP contribution in [0.2, 0.25) is 5.02 Å². The normalized spacial score (nSPS) is 21.8. The van der Waals surface area contributed by atoms with Crippen molar-refractivity contribution < 1.29 is 25.2 Å². The molecule has 1 aliphatic rings. The van der Waals surface area contributed by atoms with Crippen LogP contribution in [0, 0.1) is 0 Å². The summed E-state index contributed by atoms with van der Waals surface area (Å²) in [5.41, 5.74) is 0.726. The molecular weight excluding hydrogens is 312 g/mol. The predicted molar refractivity (Wildman–Crippen MR) is 80.9 cm³/mol. The number of nitrogens with one attached hydrogen (secondary N) is 1. The highest BCUT2D eigenvalue weighted by atomic mass is 35.5. The number of ether oxygens (including phenoxy) is 1. The van der Waals surface area contributed by atoms with Crippen molar-refractivity contribution >= 4 is 17.3 Å². The van der Waals surface area contributed by atoms with E-state index in [9.17, 15) is 15.3 Å². The standard InChI is InChI=1S/C14H19ClN2O5/c1-17-6-11(13(21)12(20)10(19)7-18)22-14(17)16-9-4-2-3-8(15)5-9/h2-6,10,12-14,16,18-21H,7H2,1H3. The van der Waals surface area contributed by atoms with Gasteiger partial charge in [-0.2, -0.15) is 0 Å². The SMILES string of the molecule is CN1C=C(C(O)C(O)C(O)CO)OC1Nc1cccc(Cl)c1. The van der Waals surface area contributed by atoms with Gasteiger partial charge in [-0.25, -0.2) is 0 Å². The summed E-state index contributed by atoms with van der Waals surface area (Å²) in [4.78, 5) is 1.65. The minimum Gasteiger partial charge on any atom is -0.452 e. The minimum absolute atomic E-state index is 0.0852. The molecule has 1 aromatic rings. The highest BCUT2D eigenvalue weighted by Crippen LogP contribution is 2.24. The molecule has 0 spiro atoms. The van der Waals surface area contributed by atoms with E-state index >= 15 is 0 Å². The van der Waals surface area contributed by atoms with Gasteiger partial charge in [0.2, 0.25) is 6.35 Å². The Labute approximate surface area is 133 Å². The molecule has 0 aliphatic carbocycles. The molecule has 4 atom stereocenters. The van der Waals surface area contributed by atoms with Crippen LogP contribution in [0.25, 0.3) is 0 Å². The first kappa shape index (κ1) is 16.9. The van der Waals surface area contributed by atoms with Crippen molar-refractivity contribution in [2.45, 2.75) is 24.7 Å². The number of hydrogen-bond acceptors (Lipinski definition) is 7. The Balaban J connectivity index is 2.00. The molecule has 122 valence electrons. The maximum absolute atomic E-state index is 9.97. The highest BCUT2D eigenvalue weighted by molar-refractivity contribution is 6.30. The summed E-state index contributed by atoms with van der Waals surface area (Å²) in [6.45, 7) is -0.661. The van der Waals surface area contributed by atoms with Gasteiger partial charge in [0.15, 0.2) is 0 Å². The average Bonchev–Trinajstić information content (AvgIpc) is 2.86. The second kappa shape index (κ2) is 7.17. The molecule has 0 aromatic heterocycles. The highest BCUT2D eigenvalue weighted by Gasteiger charge is 2.34. The summed E-state index contributed by atoms with van der Waals surface area (Å²) >= 11 is 5.91. The van der Waals surface area contributed by atoms with Crippen LogP contribution in [-0.4, -0.2) is 63.6 Å². The molecule has 1 aromatic carbocycles. The minimum atomic E-state index is -1.55. The Bertz CT molecular complexity index is 542. The zero-order valence-corrected chi connectivity index (χ0v) is 12.7. The Morgan fingerprint density at radius 2 is 2.09 bits per heavy atom. The topological polar surface area (TPSA) is 105 Å². The van der Waals surface area contributed by atoms with Gasteiger partial charge in [0.1, 0.15) is 24.1 Å². The van der Waals surface area contributed by atoms with Gasteiger partial charge in [-0.3, -0.25) is 0 Å². The van der Waals surface area contributed by atoms with Crippen molar-refractivity contribution in [1.82, 2.24) is 4.90 Å². The van der Waals surface area contributed by atoms with E-state index in [-0.39, 0.29) is 5.76 Å². The fourth-order valence-electron chi connectivity index (χ4n) is 2.00. The van der Waals surface area contributed by atoms with Crippen molar-refractivity contribution in [3.05, 3.63) is 41.2 Å². The summed E-state index contributed by atoms with van der Waals surface area (Å²) in [5.74, 6) is 0.0852. The number of benzene rings is 1. The Kier molecular flexibility index (Phi) is 5.49. The number of nitrogens with zero attached hydrogens (tertiary/aromatic N) is 1. The van der Waals surface area contributed by atoms with E-state index in [2.05, 4.69) is 5.32 Å². The van der Waals surface area contributed by atoms with Crippen LogP contribution in [0.4, 0.5) is 5.69 Å². The van der Waals surface area contributed by atoms with Crippen molar-refractivity contribution in [2.75, 3.05) is 19.0 Å². The molecule has 1 aliphatic heterocycles. The zero-order valence-electron chi connectivity index (χ0n) is 11.9. The van der Waals surface area contributed by atoms with Gasteiger partial charge >= 0.3 is 0 Å². The van der Waals surface area contributed by atoms with Crippen molar-refractivity contribution in [3.8, 4) is 0 Å². The predicted octanol–water partition coefficient (Wildman–Crippen LogP) is -0.0861. The van der Waals surface area contributed by atoms with Crippen LogP contribution in [0.1, 0.15) is 0 Å². The molecule has 0 saturated carbocycles. The van der Waals surface area contributed by atoms with E-state index in [4.69, 9.17) is 21.4 Å². The van der Waals surface area contributed by atoms with Crippen molar-refractivity contribution in [1.29, 1.82) is 0 Å². The van der Waals surface area contributed by atoms with Crippen LogP contribution >= 0.6 is 11.6 Å². The average molecular weight is 331 g/mol. The lowest BCUT2D eigenvalue weighted by Gasteiger charge is -2.24. The molecule has 2 rings (SSSR count). The van der Waals surface area contributed by atoms with Gasteiger partial charge in [-0.1, -0.05) is 17.7 Å². The Hall–Kier alpha value is -1.51. The molecule has 0 saturated heterocycles. The van der Waals surface area contributed by atoms with Gasteiger partial charge in [0, 0.05) is 24.0 Å². The number of rotatable bonds is 6. The van der Waals surface area contributed by atoms with E-state index in [1.54, 1.807) is 30.1 Å². The smallest absolute Gasteiger partial charge is 0.250 e. The third-order valence-electron chi connectivity index (χ3n) is 3.26. The summed E-state index contributed by atoms with van der Waals surface area (Å²) in [6, 6.07) is 7.05. The summed E-state index contributed by atoms with van der Waals surface area (Å²) in [6.07, 6.45) is -3.54. The first-order chi connectivity index (χ1) is 10.4. The first-order valence-corrected chi connectivity index (χ1v) is 7.07. The van der Waals surface area contributed by atoms with E-state index in [1.807, 2.05) is 6.07 Å². The quantitative estimate of drug-likeness (QED) is 0.496. The molecule has 8 heteroatoms. The molecule has 4 unspecified atom stereocenters. The summed E-state index contributed by atoms with van der Waals surface area (Å²) < 4.78 is 5.53. The first-order valence-electron chi connectivity index (χ1n) is 6.70. The second-order valence-electron chi connectivity index (χ2n) is 5.01. The fourth-order valence-corrected chi connectivity index (χ4v) is 2.19. The van der Waals surface area contributed by atoms with Crippen LogP contribution in [-0.2, 0) is 4.74 Å². The number of hydrogen-bond donors (Lipinski definition) is 5. The molecule has 0 fully saturated rings. The van der Waals surface area contributed by atoms with E-state index in [0.717, 1.165) is 5.69 Å². The third kappa shape index (κ3) is 3.82. The number of anilines is 1.